The molecule has 166 valence electrons. The van der Waals surface area contributed by atoms with Gasteiger partial charge < -0.3 is 14.8 Å². The second-order valence-electron chi connectivity index (χ2n) is 8.55. The normalized spacial score (nSPS) is 16.5. The van der Waals surface area contributed by atoms with Gasteiger partial charge in [-0.25, -0.2) is 4.68 Å². The van der Waals surface area contributed by atoms with Crippen LogP contribution in [0.5, 0.6) is 0 Å². The lowest BCUT2D eigenvalue weighted by atomic mass is 10.2. The van der Waals surface area contributed by atoms with Gasteiger partial charge in [0, 0.05) is 24.4 Å². The molecule has 1 fully saturated rings. The van der Waals surface area contributed by atoms with Crippen molar-refractivity contribution in [2.75, 3.05) is 26.2 Å². The summed E-state index contributed by atoms with van der Waals surface area (Å²) in [6.07, 6.45) is 8.50. The number of nitrogens with zero attached hydrogens (tertiary/aromatic N) is 4. The van der Waals surface area contributed by atoms with Crippen molar-refractivity contribution in [3.05, 3.63) is 40.8 Å². The van der Waals surface area contributed by atoms with Crippen LogP contribution in [0.15, 0.2) is 35.3 Å². The van der Waals surface area contributed by atoms with Gasteiger partial charge in [0.2, 0.25) is 5.91 Å². The molecule has 1 aliphatic rings. The summed E-state index contributed by atoms with van der Waals surface area (Å²) in [5.74, 6) is -0.0279. The average Bonchev–Trinajstić information content (AvgIpc) is 2.91. The lowest BCUT2D eigenvalue weighted by Crippen LogP contribution is -2.35. The van der Waals surface area contributed by atoms with Crippen LogP contribution in [0.3, 0.4) is 0 Å². The van der Waals surface area contributed by atoms with E-state index in [1.807, 2.05) is 35.8 Å². The summed E-state index contributed by atoms with van der Waals surface area (Å²) in [5.41, 5.74) is 1.26. The highest BCUT2D eigenvalue weighted by Crippen LogP contribution is 2.30. The first-order valence-electron chi connectivity index (χ1n) is 11.6. The van der Waals surface area contributed by atoms with Crippen LogP contribution in [0.1, 0.15) is 51.5 Å². The molecule has 2 aromatic heterocycles. The van der Waals surface area contributed by atoms with Crippen LogP contribution in [-0.4, -0.2) is 51.3 Å². The number of carbonyl (C=O) groups excluding carboxylic acids is 1. The van der Waals surface area contributed by atoms with Crippen molar-refractivity contribution in [1.82, 2.24) is 24.6 Å². The third-order valence-corrected chi connectivity index (χ3v) is 6.46. The molecule has 0 radical (unpaired) electrons. The van der Waals surface area contributed by atoms with Crippen LogP contribution >= 0.6 is 0 Å². The van der Waals surface area contributed by atoms with E-state index in [-0.39, 0.29) is 11.5 Å². The highest BCUT2D eigenvalue weighted by atomic mass is 16.2. The smallest absolute Gasteiger partial charge is 0.291 e. The summed E-state index contributed by atoms with van der Waals surface area (Å²) in [5, 5.41) is 9.08. The molecule has 1 atom stereocenters. The van der Waals surface area contributed by atoms with Gasteiger partial charge in [0.15, 0.2) is 0 Å². The molecule has 31 heavy (non-hydrogen) atoms. The van der Waals surface area contributed by atoms with Crippen LogP contribution in [-0.2, 0) is 11.8 Å². The molecule has 0 bridgehead atoms. The van der Waals surface area contributed by atoms with Crippen molar-refractivity contribution in [2.45, 2.75) is 51.5 Å². The number of para-hydroxylation sites is 1. The molecular formula is C24H33N5O2. The molecule has 1 saturated heterocycles. The average molecular weight is 424 g/mol. The van der Waals surface area contributed by atoms with Gasteiger partial charge in [-0.3, -0.25) is 9.59 Å². The minimum atomic E-state index is -0.435. The number of hydrogen-bond donors (Lipinski definition) is 1. The third-order valence-electron chi connectivity index (χ3n) is 6.46. The number of rotatable bonds is 7. The highest BCUT2D eigenvalue weighted by Gasteiger charge is 2.25. The van der Waals surface area contributed by atoms with Crippen LogP contribution in [0.4, 0.5) is 0 Å². The Hall–Kier alpha value is -2.67. The summed E-state index contributed by atoms with van der Waals surface area (Å²) < 4.78 is 3.25. The van der Waals surface area contributed by atoms with Crippen LogP contribution in [0.2, 0.25) is 0 Å². The molecule has 0 saturated carbocycles. The Morgan fingerprint density at radius 3 is 2.61 bits per heavy atom. The van der Waals surface area contributed by atoms with Crippen LogP contribution in [0.25, 0.3) is 21.8 Å². The molecule has 1 aliphatic heterocycles. The van der Waals surface area contributed by atoms with Crippen LogP contribution in [0, 0.1) is 0 Å². The number of aromatic nitrogens is 3. The van der Waals surface area contributed by atoms with E-state index in [4.69, 9.17) is 0 Å². The zero-order valence-electron chi connectivity index (χ0n) is 18.6. The molecule has 7 heteroatoms. The molecule has 1 N–H and O–H groups in total. The van der Waals surface area contributed by atoms with E-state index in [1.54, 1.807) is 13.2 Å². The number of fused-ring (bicyclic) bond motifs is 3. The third kappa shape index (κ3) is 4.37. The second-order valence-corrected chi connectivity index (χ2v) is 8.55. The number of hydrogen-bond acceptors (Lipinski definition) is 4. The first-order chi connectivity index (χ1) is 15.1. The predicted octanol–water partition coefficient (Wildman–Crippen LogP) is 3.22. The largest absolute Gasteiger partial charge is 0.354 e. The summed E-state index contributed by atoms with van der Waals surface area (Å²) >= 11 is 0. The van der Waals surface area contributed by atoms with Crippen molar-refractivity contribution in [3.8, 4) is 0 Å². The van der Waals surface area contributed by atoms with Gasteiger partial charge in [-0.2, -0.15) is 5.10 Å². The predicted molar refractivity (Wildman–Crippen MR) is 124 cm³/mol. The molecule has 0 unspecified atom stereocenters. The Bertz CT molecular complexity index is 1110. The van der Waals surface area contributed by atoms with Gasteiger partial charge in [0.1, 0.15) is 11.6 Å². The monoisotopic (exact) mass is 423 g/mol. The topological polar surface area (TPSA) is 72.2 Å². The molecule has 4 rings (SSSR count). The maximum absolute atomic E-state index is 13.2. The Labute approximate surface area is 183 Å². The summed E-state index contributed by atoms with van der Waals surface area (Å²) in [4.78, 5) is 28.7. The van der Waals surface area contributed by atoms with E-state index in [9.17, 15) is 9.59 Å². The van der Waals surface area contributed by atoms with Crippen molar-refractivity contribution in [3.63, 3.8) is 0 Å². The lowest BCUT2D eigenvalue weighted by Gasteiger charge is -2.21. The minimum absolute atomic E-state index is 0.0279. The standard InChI is InChI=1S/C24H33N5O2/c1-3-20(23(30)25-13-10-16-28-14-8-4-5-9-15-28)29-21-12-7-6-11-18(21)19-17-26-27(2)24(31)22(19)29/h6-7,11-12,17,20H,3-5,8-10,13-16H2,1-2H3,(H,25,30)/t20-/m1/s1. The first kappa shape index (κ1) is 21.6. The molecule has 1 aromatic carbocycles. The molecule has 3 aromatic rings. The van der Waals surface area contributed by atoms with Gasteiger partial charge >= 0.3 is 0 Å². The van der Waals surface area contributed by atoms with Gasteiger partial charge in [0.25, 0.3) is 5.56 Å². The van der Waals surface area contributed by atoms with Gasteiger partial charge in [0.05, 0.1) is 11.7 Å². The van der Waals surface area contributed by atoms with Crippen LogP contribution < -0.4 is 10.9 Å². The highest BCUT2D eigenvalue weighted by molar-refractivity contribution is 6.08. The molecule has 7 nitrogen and oxygen atoms in total. The zero-order valence-corrected chi connectivity index (χ0v) is 18.6. The zero-order chi connectivity index (χ0) is 21.8. The number of aryl methyl sites for hydroxylation is 1. The van der Waals surface area contributed by atoms with E-state index >= 15 is 0 Å². The molecule has 3 heterocycles. The van der Waals surface area contributed by atoms with E-state index in [0.717, 1.165) is 29.3 Å². The number of likely N-dealkylation sites (tertiary alicyclic amines) is 1. The van der Waals surface area contributed by atoms with E-state index in [0.29, 0.717) is 18.5 Å². The fourth-order valence-corrected chi connectivity index (χ4v) is 4.79. The maximum Gasteiger partial charge on any atom is 0.291 e. The van der Waals surface area contributed by atoms with Crippen molar-refractivity contribution in [1.29, 1.82) is 0 Å². The fourth-order valence-electron chi connectivity index (χ4n) is 4.79. The number of benzene rings is 1. The summed E-state index contributed by atoms with van der Waals surface area (Å²) in [6, 6.07) is 7.43. The Morgan fingerprint density at radius 1 is 1.13 bits per heavy atom. The van der Waals surface area contributed by atoms with Crippen molar-refractivity contribution < 1.29 is 4.79 Å². The molecule has 0 aliphatic carbocycles. The Morgan fingerprint density at radius 2 is 1.87 bits per heavy atom. The fraction of sp³-hybridized carbons (Fsp3) is 0.542. The Kier molecular flexibility index (Phi) is 6.70. The van der Waals surface area contributed by atoms with E-state index < -0.39 is 6.04 Å². The summed E-state index contributed by atoms with van der Waals surface area (Å²) in [7, 11) is 1.65. The van der Waals surface area contributed by atoms with Gasteiger partial charge in [-0.05, 0) is 51.4 Å². The molecular weight excluding hydrogens is 390 g/mol. The first-order valence-corrected chi connectivity index (χ1v) is 11.6. The molecule has 1 amide bonds. The minimum Gasteiger partial charge on any atom is -0.354 e. The van der Waals surface area contributed by atoms with Crippen molar-refractivity contribution in [2.24, 2.45) is 7.05 Å². The second kappa shape index (κ2) is 9.64. The van der Waals surface area contributed by atoms with Gasteiger partial charge in [-0.15, -0.1) is 0 Å². The lowest BCUT2D eigenvalue weighted by molar-refractivity contribution is -0.124. The van der Waals surface area contributed by atoms with Crippen molar-refractivity contribution >= 4 is 27.7 Å². The Balaban J connectivity index is 1.54. The number of nitrogens with one attached hydrogen (secondary N) is 1. The SMILES string of the molecule is CC[C@H](C(=O)NCCCN1CCCCCC1)n1c2ccccc2c2cnn(C)c(=O)c21. The quantitative estimate of drug-likeness (QED) is 0.592. The van der Waals surface area contributed by atoms with E-state index in [2.05, 4.69) is 15.3 Å². The number of carbonyl (C=O) groups is 1. The van der Waals surface area contributed by atoms with E-state index in [1.165, 1.54) is 43.5 Å². The maximum atomic E-state index is 13.2. The van der Waals surface area contributed by atoms with Gasteiger partial charge in [-0.1, -0.05) is 38.0 Å². The summed E-state index contributed by atoms with van der Waals surface area (Å²) in [6.45, 7) is 6.02. The number of amides is 1. The molecule has 0 spiro atoms.